The van der Waals surface area contributed by atoms with Gasteiger partial charge in [-0.05, 0) is 38.3 Å². The fraction of sp³-hybridized carbons (Fsp3) is 0.538. The van der Waals surface area contributed by atoms with E-state index in [1.807, 2.05) is 13.0 Å². The van der Waals surface area contributed by atoms with Gasteiger partial charge in [0.2, 0.25) is 0 Å². The summed E-state index contributed by atoms with van der Waals surface area (Å²) in [6.07, 6.45) is 3.17. The van der Waals surface area contributed by atoms with Crippen LogP contribution in [0, 0.1) is 10.1 Å². The van der Waals surface area contributed by atoms with Crippen molar-refractivity contribution in [3.63, 3.8) is 0 Å². The maximum Gasteiger partial charge on any atom is 0.292 e. The molecule has 19 heavy (non-hydrogen) atoms. The summed E-state index contributed by atoms with van der Waals surface area (Å²) in [4.78, 5) is 13.0. The van der Waals surface area contributed by atoms with E-state index in [2.05, 4.69) is 20.8 Å². The van der Waals surface area contributed by atoms with Gasteiger partial charge >= 0.3 is 0 Å². The van der Waals surface area contributed by atoms with E-state index in [1.165, 1.54) is 0 Å². The molecule has 5 nitrogen and oxygen atoms in total. The molecule has 0 spiro atoms. The van der Waals surface area contributed by atoms with Crippen LogP contribution in [-0.2, 0) is 0 Å². The van der Waals surface area contributed by atoms with Gasteiger partial charge in [-0.15, -0.1) is 0 Å². The number of nitro benzene ring substituents is 1. The molecule has 1 aromatic carbocycles. The molecule has 0 radical (unpaired) electrons. The number of halogens is 1. The first-order valence-electron chi connectivity index (χ1n) is 6.47. The second-order valence-corrected chi connectivity index (χ2v) is 5.92. The van der Waals surface area contributed by atoms with Crippen molar-refractivity contribution >= 4 is 27.3 Å². The fourth-order valence-electron chi connectivity index (χ4n) is 2.68. The highest BCUT2D eigenvalue weighted by Crippen LogP contribution is 2.35. The van der Waals surface area contributed by atoms with E-state index in [-0.39, 0.29) is 22.7 Å². The van der Waals surface area contributed by atoms with Crippen molar-refractivity contribution in [2.45, 2.75) is 38.3 Å². The highest BCUT2D eigenvalue weighted by molar-refractivity contribution is 9.10. The zero-order valence-corrected chi connectivity index (χ0v) is 12.5. The number of nitrogens with two attached hydrogens (primary N) is 1. The van der Waals surface area contributed by atoms with Crippen LogP contribution in [0.2, 0.25) is 0 Å². The second-order valence-electron chi connectivity index (χ2n) is 5.01. The van der Waals surface area contributed by atoms with E-state index in [1.54, 1.807) is 12.1 Å². The highest BCUT2D eigenvalue weighted by Gasteiger charge is 2.30. The van der Waals surface area contributed by atoms with E-state index < -0.39 is 0 Å². The Bertz CT molecular complexity index is 479. The number of piperidine rings is 1. The second kappa shape index (κ2) is 5.88. The standard InChI is InChI=1S/C13H18BrN3O2/c1-9(15)11-4-2-3-7-16(11)13-8-10(14)5-6-12(13)17(18)19/h5-6,8-9,11H,2-4,7,15H2,1H3. The topological polar surface area (TPSA) is 72.4 Å². The van der Waals surface area contributed by atoms with Crippen molar-refractivity contribution < 1.29 is 4.92 Å². The minimum absolute atomic E-state index is 0.00103. The maximum absolute atomic E-state index is 11.2. The molecule has 1 aliphatic heterocycles. The summed E-state index contributed by atoms with van der Waals surface area (Å²) in [7, 11) is 0. The van der Waals surface area contributed by atoms with Crippen LogP contribution in [0.3, 0.4) is 0 Å². The van der Waals surface area contributed by atoms with Gasteiger partial charge in [-0.2, -0.15) is 0 Å². The number of nitrogens with zero attached hydrogens (tertiary/aromatic N) is 2. The van der Waals surface area contributed by atoms with E-state index in [0.29, 0.717) is 5.69 Å². The molecule has 0 bridgehead atoms. The summed E-state index contributed by atoms with van der Waals surface area (Å²) in [5.74, 6) is 0. The minimum atomic E-state index is -0.325. The summed E-state index contributed by atoms with van der Waals surface area (Å²) in [5, 5.41) is 11.2. The first-order valence-corrected chi connectivity index (χ1v) is 7.26. The molecule has 0 saturated carbocycles. The molecule has 2 atom stereocenters. The van der Waals surface area contributed by atoms with Crippen molar-refractivity contribution in [3.8, 4) is 0 Å². The molecule has 0 aliphatic carbocycles. The molecule has 0 amide bonds. The van der Waals surface area contributed by atoms with Crippen molar-refractivity contribution in [1.29, 1.82) is 0 Å². The lowest BCUT2D eigenvalue weighted by molar-refractivity contribution is -0.384. The van der Waals surface area contributed by atoms with Gasteiger partial charge in [0, 0.05) is 29.2 Å². The highest BCUT2D eigenvalue weighted by atomic mass is 79.9. The van der Waals surface area contributed by atoms with Crippen LogP contribution in [0.1, 0.15) is 26.2 Å². The minimum Gasteiger partial charge on any atom is -0.361 e. The Hall–Kier alpha value is -1.14. The van der Waals surface area contributed by atoms with Crippen LogP contribution in [-0.4, -0.2) is 23.6 Å². The van der Waals surface area contributed by atoms with Crippen LogP contribution in [0.15, 0.2) is 22.7 Å². The Morgan fingerprint density at radius 3 is 2.89 bits per heavy atom. The zero-order chi connectivity index (χ0) is 14.0. The zero-order valence-electron chi connectivity index (χ0n) is 10.9. The van der Waals surface area contributed by atoms with E-state index in [9.17, 15) is 10.1 Å². The van der Waals surface area contributed by atoms with Crippen LogP contribution in [0.25, 0.3) is 0 Å². The van der Waals surface area contributed by atoms with Gasteiger partial charge in [0.15, 0.2) is 0 Å². The predicted octanol–water partition coefficient (Wildman–Crippen LogP) is 3.06. The summed E-state index contributed by atoms with van der Waals surface area (Å²) in [6, 6.07) is 5.23. The first-order chi connectivity index (χ1) is 9.00. The lowest BCUT2D eigenvalue weighted by atomic mass is 9.96. The van der Waals surface area contributed by atoms with Gasteiger partial charge in [-0.3, -0.25) is 10.1 Å². The molecule has 1 heterocycles. The van der Waals surface area contributed by atoms with E-state index in [4.69, 9.17) is 5.73 Å². The molecular formula is C13H18BrN3O2. The molecule has 104 valence electrons. The van der Waals surface area contributed by atoms with Gasteiger partial charge in [-0.1, -0.05) is 15.9 Å². The maximum atomic E-state index is 11.2. The molecule has 2 N–H and O–H groups in total. The van der Waals surface area contributed by atoms with E-state index in [0.717, 1.165) is 30.3 Å². The molecule has 6 heteroatoms. The first kappa shape index (κ1) is 14.3. The normalized spacial score (nSPS) is 21.2. The third-order valence-corrected chi connectivity index (χ3v) is 4.09. The summed E-state index contributed by atoms with van der Waals surface area (Å²) < 4.78 is 0.849. The van der Waals surface area contributed by atoms with Crippen molar-refractivity contribution in [3.05, 3.63) is 32.8 Å². The average Bonchev–Trinajstić information content (AvgIpc) is 2.38. The van der Waals surface area contributed by atoms with Gasteiger partial charge in [-0.25, -0.2) is 0 Å². The lowest BCUT2D eigenvalue weighted by Crippen LogP contribution is -2.49. The number of hydrogen-bond donors (Lipinski definition) is 1. The predicted molar refractivity (Wildman–Crippen MR) is 79.4 cm³/mol. The van der Waals surface area contributed by atoms with Crippen molar-refractivity contribution in [2.75, 3.05) is 11.4 Å². The van der Waals surface area contributed by atoms with Crippen molar-refractivity contribution in [2.24, 2.45) is 5.73 Å². The fourth-order valence-corrected chi connectivity index (χ4v) is 3.03. The van der Waals surface area contributed by atoms with Gasteiger partial charge in [0.05, 0.1) is 4.92 Å². The van der Waals surface area contributed by atoms with Gasteiger partial charge in [0.1, 0.15) is 5.69 Å². The molecule has 1 aromatic rings. The van der Waals surface area contributed by atoms with Crippen LogP contribution >= 0.6 is 15.9 Å². The molecule has 1 fully saturated rings. The molecule has 1 saturated heterocycles. The number of hydrogen-bond acceptors (Lipinski definition) is 4. The number of nitro groups is 1. The van der Waals surface area contributed by atoms with Crippen LogP contribution in [0.4, 0.5) is 11.4 Å². The Morgan fingerprint density at radius 2 is 2.26 bits per heavy atom. The third-order valence-electron chi connectivity index (χ3n) is 3.60. The Balaban J connectivity index is 2.43. The van der Waals surface area contributed by atoms with Crippen LogP contribution in [0.5, 0.6) is 0 Å². The summed E-state index contributed by atoms with van der Waals surface area (Å²) in [5.41, 5.74) is 6.85. The number of rotatable bonds is 3. The average molecular weight is 328 g/mol. The Labute approximate surface area is 121 Å². The smallest absolute Gasteiger partial charge is 0.292 e. The quantitative estimate of drug-likeness (QED) is 0.684. The third kappa shape index (κ3) is 3.06. The van der Waals surface area contributed by atoms with Crippen LogP contribution < -0.4 is 10.6 Å². The monoisotopic (exact) mass is 327 g/mol. The number of benzene rings is 1. The molecule has 0 aromatic heterocycles. The largest absolute Gasteiger partial charge is 0.361 e. The SMILES string of the molecule is CC(N)C1CCCCN1c1cc(Br)ccc1[N+](=O)[O-]. The lowest BCUT2D eigenvalue weighted by Gasteiger charge is -2.39. The number of anilines is 1. The van der Waals surface area contributed by atoms with Gasteiger partial charge in [0.25, 0.3) is 5.69 Å². The molecular weight excluding hydrogens is 310 g/mol. The molecule has 2 unspecified atom stereocenters. The molecule has 2 rings (SSSR count). The summed E-state index contributed by atoms with van der Waals surface area (Å²) >= 11 is 3.39. The van der Waals surface area contributed by atoms with E-state index >= 15 is 0 Å². The summed E-state index contributed by atoms with van der Waals surface area (Å²) in [6.45, 7) is 2.79. The molecule has 1 aliphatic rings. The Morgan fingerprint density at radius 1 is 1.53 bits per heavy atom. The van der Waals surface area contributed by atoms with Gasteiger partial charge < -0.3 is 10.6 Å². The van der Waals surface area contributed by atoms with Crippen molar-refractivity contribution in [1.82, 2.24) is 0 Å². The Kier molecular flexibility index (Phi) is 4.42.